The predicted molar refractivity (Wildman–Crippen MR) is 589 cm³/mol. The summed E-state index contributed by atoms with van der Waals surface area (Å²) < 4.78 is 9.01. The van der Waals surface area contributed by atoms with E-state index in [2.05, 4.69) is 135 Å². The van der Waals surface area contributed by atoms with E-state index in [1.165, 1.54) is 59.8 Å². The van der Waals surface area contributed by atoms with Crippen LogP contribution in [-0.2, 0) is 43.0 Å². The lowest BCUT2D eigenvalue weighted by Crippen LogP contribution is -2.31. The van der Waals surface area contributed by atoms with Crippen LogP contribution >= 0.6 is 11.6 Å². The van der Waals surface area contributed by atoms with E-state index in [9.17, 15) is 43.5 Å². The first-order chi connectivity index (χ1) is 72.9. The minimum Gasteiger partial charge on any atom is -0.478 e. The Morgan fingerprint density at radius 3 is 1.02 bits per heavy atom. The van der Waals surface area contributed by atoms with Gasteiger partial charge in [-0.05, 0) is 329 Å². The number of carbonyl (C=O) groups excluding carboxylic acids is 7. The van der Waals surface area contributed by atoms with Crippen LogP contribution in [0.3, 0.4) is 0 Å². The van der Waals surface area contributed by atoms with Crippen molar-refractivity contribution in [3.05, 3.63) is 411 Å². The van der Waals surface area contributed by atoms with Crippen LogP contribution in [0.5, 0.6) is 0 Å². The molecule has 3 unspecified atom stereocenters. The lowest BCUT2D eigenvalue weighted by molar-refractivity contribution is 0.0601. The smallest absolute Gasteiger partial charge is 0.338 e. The number of anilines is 6. The second-order valence-corrected chi connectivity index (χ2v) is 39.5. The number of nitrogens with one attached hydrogen (secondary N) is 6. The van der Waals surface area contributed by atoms with Gasteiger partial charge in [0.15, 0.2) is 0 Å². The third-order valence-electron chi connectivity index (χ3n) is 29.5. The van der Waals surface area contributed by atoms with E-state index in [4.69, 9.17) is 26.3 Å². The number of benzene rings is 11. The van der Waals surface area contributed by atoms with E-state index >= 15 is 0 Å². The van der Waals surface area contributed by atoms with Gasteiger partial charge in [-0.25, -0.2) is 9.59 Å². The zero-order valence-electron chi connectivity index (χ0n) is 83.4. The SMILES string of the molecule is COC(=O)c1cccc2c1ccn2Cc1cccc(C(=O)Nc2ccc(N3CCCCC3)cc2-c2cc(C(=O)NC3CCCc4ccccc43)ccn2)c1.O=C(Nc1ccc(N2CCCCC2)cc1-c1cc(C(=O)NC2CCCc3ccccc32)ccn1)c1cccc(CCl)c1.O=C(Nc1ccc(N2CCCCC2)cc1-c1cc(C(=O)NC2CCCc3ccccc32)ccn1)c1cccc(Cn2ccc3c(C(=O)O)cccc32)c1. The first-order valence-corrected chi connectivity index (χ1v) is 52.4. The van der Waals surface area contributed by atoms with Crippen molar-refractivity contribution in [2.45, 2.75) is 153 Å². The van der Waals surface area contributed by atoms with Crippen molar-refractivity contribution in [3.8, 4) is 33.8 Å². The topological polar surface area (TPSA) is 296 Å². The Morgan fingerprint density at radius 2 is 0.664 bits per heavy atom. The van der Waals surface area contributed by atoms with Gasteiger partial charge in [-0.15, -0.1) is 11.6 Å². The van der Waals surface area contributed by atoms with Gasteiger partial charge >= 0.3 is 11.9 Å². The molecule has 16 aromatic rings. The highest BCUT2D eigenvalue weighted by atomic mass is 35.5. The Labute approximate surface area is 871 Å². The maximum atomic E-state index is 13.9. The monoisotopic (exact) mass is 2000 g/mol. The molecule has 149 heavy (non-hydrogen) atoms. The summed E-state index contributed by atoms with van der Waals surface area (Å²) in [7, 11) is 1.38. The molecule has 6 aliphatic rings. The predicted octanol–water partition coefficient (Wildman–Crippen LogP) is 24.6. The number of hydrogen-bond acceptors (Lipinski definition) is 15. The van der Waals surface area contributed by atoms with Crippen LogP contribution in [0.15, 0.2) is 316 Å². The van der Waals surface area contributed by atoms with Gasteiger partial charge in [-0.1, -0.05) is 121 Å². The van der Waals surface area contributed by atoms with Gasteiger partial charge in [0.2, 0.25) is 0 Å². The molecular formula is C124H119ClN14O10. The number of hydrogen-bond donors (Lipinski definition) is 7. The van der Waals surface area contributed by atoms with Crippen molar-refractivity contribution in [1.82, 2.24) is 40.0 Å². The van der Waals surface area contributed by atoms with Crippen LogP contribution in [0.25, 0.3) is 55.6 Å². The molecule has 3 saturated heterocycles. The average molecular weight is 2000 g/mol. The van der Waals surface area contributed by atoms with Crippen LogP contribution in [0.4, 0.5) is 34.1 Å². The molecule has 11 aromatic carbocycles. The first kappa shape index (κ1) is 99.7. The number of nitrogens with zero attached hydrogens (tertiary/aromatic N) is 8. The molecule has 0 radical (unpaired) electrons. The van der Waals surface area contributed by atoms with Crippen LogP contribution in [0, 0.1) is 0 Å². The molecule has 3 fully saturated rings. The fraction of sp³-hybridized carbons (Fsp3) is 0.250. The molecule has 3 aliphatic carbocycles. The summed E-state index contributed by atoms with van der Waals surface area (Å²) in [6, 6.07) is 90.6. The number of esters is 1. The van der Waals surface area contributed by atoms with E-state index in [0.717, 1.165) is 202 Å². The molecule has 752 valence electrons. The van der Waals surface area contributed by atoms with Crippen LogP contribution < -0.4 is 46.6 Å². The number of piperidine rings is 3. The number of carboxylic acid groups (broad SMARTS) is 1. The number of amides is 6. The zero-order valence-corrected chi connectivity index (χ0v) is 84.2. The number of ether oxygens (including phenoxy) is 1. The summed E-state index contributed by atoms with van der Waals surface area (Å²) in [5.41, 5.74) is 24.9. The van der Waals surface area contributed by atoms with Crippen molar-refractivity contribution in [2.24, 2.45) is 0 Å². The molecule has 3 atom stereocenters. The average Bonchev–Trinajstić information content (AvgIpc) is 1.78. The van der Waals surface area contributed by atoms with E-state index < -0.39 is 5.97 Å². The summed E-state index contributed by atoms with van der Waals surface area (Å²) in [5.74, 6) is -2.18. The minimum absolute atomic E-state index is 0.0138. The number of aryl methyl sites for hydroxylation is 3. The summed E-state index contributed by atoms with van der Waals surface area (Å²) >= 11 is 6.01. The molecule has 22 rings (SSSR count). The molecule has 0 bridgehead atoms. The summed E-state index contributed by atoms with van der Waals surface area (Å²) in [6.07, 6.45) is 28.2. The number of aromatic nitrogens is 5. The lowest BCUT2D eigenvalue weighted by atomic mass is 9.87. The molecule has 0 saturated carbocycles. The highest BCUT2D eigenvalue weighted by molar-refractivity contribution is 6.17. The van der Waals surface area contributed by atoms with Crippen molar-refractivity contribution in [2.75, 3.05) is 77.0 Å². The molecule has 8 heterocycles. The number of pyridine rings is 3. The number of carbonyl (C=O) groups is 8. The Bertz CT molecular complexity index is 7700. The number of fused-ring (bicyclic) bond motifs is 5. The Morgan fingerprint density at radius 1 is 0.336 bits per heavy atom. The number of methoxy groups -OCH3 is 1. The number of halogens is 1. The van der Waals surface area contributed by atoms with Crippen LogP contribution in [0.2, 0.25) is 0 Å². The molecule has 3 aliphatic heterocycles. The normalized spacial score (nSPS) is 15.7. The second kappa shape index (κ2) is 46.4. The third kappa shape index (κ3) is 23.3. The number of rotatable bonds is 25. The maximum absolute atomic E-state index is 13.9. The van der Waals surface area contributed by atoms with E-state index in [-0.39, 0.29) is 65.1 Å². The van der Waals surface area contributed by atoms with Gasteiger partial charge in [-0.3, -0.25) is 43.7 Å². The largest absolute Gasteiger partial charge is 0.478 e. The summed E-state index contributed by atoms with van der Waals surface area (Å²) in [4.78, 5) is 127. The van der Waals surface area contributed by atoms with E-state index in [0.29, 0.717) is 97.4 Å². The van der Waals surface area contributed by atoms with Crippen molar-refractivity contribution in [1.29, 1.82) is 0 Å². The molecule has 25 heteroatoms. The van der Waals surface area contributed by atoms with Crippen LogP contribution in [-0.4, -0.2) is 123 Å². The Hall–Kier alpha value is -16.6. The van der Waals surface area contributed by atoms with Gasteiger partial charge in [0.1, 0.15) is 0 Å². The number of carboxylic acids is 1. The first-order valence-electron chi connectivity index (χ1n) is 51.9. The number of alkyl halides is 1. The van der Waals surface area contributed by atoms with Crippen molar-refractivity contribution in [3.63, 3.8) is 0 Å². The summed E-state index contributed by atoms with van der Waals surface area (Å²) in [6.45, 7) is 6.83. The second-order valence-electron chi connectivity index (χ2n) is 39.2. The van der Waals surface area contributed by atoms with Crippen LogP contribution in [0.1, 0.15) is 247 Å². The van der Waals surface area contributed by atoms with Gasteiger partial charge in [-0.2, -0.15) is 0 Å². The molecule has 6 amide bonds. The maximum Gasteiger partial charge on any atom is 0.338 e. The molecule has 7 N–H and O–H groups in total. The highest BCUT2D eigenvalue weighted by Gasteiger charge is 2.31. The van der Waals surface area contributed by atoms with Gasteiger partial charge in [0, 0.05) is 178 Å². The van der Waals surface area contributed by atoms with E-state index in [1.54, 1.807) is 79.3 Å². The molecule has 5 aromatic heterocycles. The molecule has 24 nitrogen and oxygen atoms in total. The Balaban J connectivity index is 0.000000137. The quantitative estimate of drug-likeness (QED) is 0.0207. The summed E-state index contributed by atoms with van der Waals surface area (Å²) in [5, 5.41) is 30.3. The Kier molecular flexibility index (Phi) is 31.1. The number of aromatic carboxylic acids is 1. The molecular weight excluding hydrogens is 1880 g/mol. The minimum atomic E-state index is -0.967. The fourth-order valence-corrected chi connectivity index (χ4v) is 22.0. The fourth-order valence-electron chi connectivity index (χ4n) is 21.8. The molecule has 0 spiro atoms. The lowest BCUT2D eigenvalue weighted by Gasteiger charge is -2.29. The van der Waals surface area contributed by atoms with Crippen molar-refractivity contribution < 1.29 is 48.2 Å². The highest BCUT2D eigenvalue weighted by Crippen LogP contribution is 2.41. The zero-order chi connectivity index (χ0) is 102. The third-order valence-corrected chi connectivity index (χ3v) is 29.8. The standard InChI is InChI=1S/C45H43N5O4.C44H41N5O4.C35H35ClN4O2/c1-54-45(53)37-15-9-17-42-36(37)21-25-50(42)29-30-10-7-13-32(26-30)43(51)48-40-19-18-34(49-23-5-2-6-24-49)28-38(40)41-27-33(20-22-46-41)44(52)47-39-16-8-12-31-11-3-4-14-35(31)39;50-42(31-12-6-9-29(25-31)28-49-24-20-35-36(44(52)53)14-8-16-41(35)49)47-39-18-17-33(48-22-4-1-5-23-48)27-37(39)40-26-32(19-21-45-40)43(51)46-38-15-7-11-30-10-2-3-13-34(30)38;36-23-24-8-6-11-26(20-24)34(41)39-32-15-14-28(40-18-4-1-5-19-40)22-30(32)33-21-27(16-17-37-33)35(42)38-31-13-7-10-25-9-2-3-12-29(25)31/h3-4,7,9-11,13-15,17-22,25-28,39H,2,5-6,8,12,16,23-24,29H2,1H3,(H,47,52)(H,48,51);2-3,6,8-10,12-14,16-21,24-27,38H,1,4-5,7,11,15,22-23,28H2,(H,46,51)(H,47,50)(H,52,53);2-3,6,8-9,11-12,14-17,20-22,31H,1,4-5,7,10,13,18-19,23H2,(H,38,42)(H,39,41). The van der Waals surface area contributed by atoms with E-state index in [1.807, 2.05) is 163 Å². The van der Waals surface area contributed by atoms with Gasteiger partial charge in [0.25, 0.3) is 35.4 Å². The van der Waals surface area contributed by atoms with Gasteiger partial charge in [0.05, 0.1) is 70.5 Å². The van der Waals surface area contributed by atoms with Crippen molar-refractivity contribution >= 4 is 115 Å². The van der Waals surface area contributed by atoms with Gasteiger partial charge < -0.3 is 65.6 Å².